The number of rotatable bonds is 2. The molecule has 0 aromatic heterocycles. The average Bonchev–Trinajstić information content (AvgIpc) is 2.83. The third-order valence-corrected chi connectivity index (χ3v) is 3.65. The zero-order chi connectivity index (χ0) is 10.3. The fraction of sp³-hybridized carbons (Fsp3) is 0.333. The molecule has 1 saturated carbocycles. The fourth-order valence-electron chi connectivity index (χ4n) is 1.45. The minimum atomic E-state index is -3.75. The van der Waals surface area contributed by atoms with Gasteiger partial charge in [0, 0.05) is 10.7 Å². The molecule has 2 nitrogen and oxygen atoms in total. The van der Waals surface area contributed by atoms with E-state index in [9.17, 15) is 12.8 Å². The van der Waals surface area contributed by atoms with Gasteiger partial charge in [-0.05, 0) is 42.5 Å². The van der Waals surface area contributed by atoms with E-state index < -0.39 is 14.9 Å². The highest BCUT2D eigenvalue weighted by Crippen LogP contribution is 2.43. The Labute approximate surface area is 86.1 Å². The third kappa shape index (κ3) is 1.91. The largest absolute Gasteiger partial charge is 0.261 e. The summed E-state index contributed by atoms with van der Waals surface area (Å²) in [6.45, 7) is 0. The minimum Gasteiger partial charge on any atom is -0.207 e. The van der Waals surface area contributed by atoms with Crippen LogP contribution in [0, 0.1) is 5.82 Å². The van der Waals surface area contributed by atoms with Crippen molar-refractivity contribution < 1.29 is 12.8 Å². The van der Waals surface area contributed by atoms with E-state index in [2.05, 4.69) is 0 Å². The van der Waals surface area contributed by atoms with E-state index in [1.165, 1.54) is 12.1 Å². The van der Waals surface area contributed by atoms with Crippen molar-refractivity contribution in [1.82, 2.24) is 0 Å². The van der Waals surface area contributed by atoms with Gasteiger partial charge >= 0.3 is 0 Å². The predicted octanol–water partition coefficient (Wildman–Crippen LogP) is 2.63. The Morgan fingerprint density at radius 2 is 2.00 bits per heavy atom. The molecule has 1 aliphatic rings. The third-order valence-electron chi connectivity index (χ3n) is 2.25. The molecule has 0 aliphatic heterocycles. The molecule has 1 fully saturated rings. The van der Waals surface area contributed by atoms with Gasteiger partial charge in [0.25, 0.3) is 9.05 Å². The molecule has 14 heavy (non-hydrogen) atoms. The van der Waals surface area contributed by atoms with E-state index in [0.29, 0.717) is 5.56 Å². The zero-order valence-corrected chi connectivity index (χ0v) is 8.78. The number of hydrogen-bond acceptors (Lipinski definition) is 2. The molecule has 0 radical (unpaired) electrons. The van der Waals surface area contributed by atoms with E-state index in [4.69, 9.17) is 10.7 Å². The van der Waals surface area contributed by atoms with Crippen molar-refractivity contribution in [2.75, 3.05) is 0 Å². The van der Waals surface area contributed by atoms with Crippen LogP contribution in [-0.2, 0) is 9.05 Å². The van der Waals surface area contributed by atoms with Crippen molar-refractivity contribution in [1.29, 1.82) is 0 Å². The fourth-order valence-corrected chi connectivity index (χ4v) is 2.61. The van der Waals surface area contributed by atoms with Gasteiger partial charge in [-0.25, -0.2) is 12.8 Å². The molecule has 0 unspecified atom stereocenters. The summed E-state index contributed by atoms with van der Waals surface area (Å²) >= 11 is 0. The molecular weight excluding hydrogens is 227 g/mol. The van der Waals surface area contributed by atoms with Crippen molar-refractivity contribution in [3.63, 3.8) is 0 Å². The summed E-state index contributed by atoms with van der Waals surface area (Å²) in [5.41, 5.74) is 0.514. The highest BCUT2D eigenvalue weighted by molar-refractivity contribution is 8.13. The van der Waals surface area contributed by atoms with E-state index in [-0.39, 0.29) is 10.8 Å². The van der Waals surface area contributed by atoms with Gasteiger partial charge in [0.1, 0.15) is 5.82 Å². The van der Waals surface area contributed by atoms with Gasteiger partial charge in [0.15, 0.2) is 0 Å². The van der Waals surface area contributed by atoms with Crippen molar-refractivity contribution in [2.45, 2.75) is 23.7 Å². The Kier molecular flexibility index (Phi) is 2.27. The van der Waals surface area contributed by atoms with Gasteiger partial charge in [0.05, 0.1) is 4.90 Å². The maximum Gasteiger partial charge on any atom is 0.261 e. The Hall–Kier alpha value is -0.610. The van der Waals surface area contributed by atoms with E-state index in [1.54, 1.807) is 0 Å². The monoisotopic (exact) mass is 234 g/mol. The molecule has 76 valence electrons. The summed E-state index contributed by atoms with van der Waals surface area (Å²) in [5, 5.41) is 0. The standard InChI is InChI=1S/C9H8ClFO2S/c10-14(12,13)9-4-3-7(11)5-8(9)6-1-2-6/h3-6H,1-2H2. The zero-order valence-electron chi connectivity index (χ0n) is 7.20. The normalized spacial score (nSPS) is 17.0. The molecule has 5 heteroatoms. The van der Waals surface area contributed by atoms with Gasteiger partial charge in [0.2, 0.25) is 0 Å². The molecule has 2 rings (SSSR count). The van der Waals surface area contributed by atoms with Gasteiger partial charge in [-0.2, -0.15) is 0 Å². The van der Waals surface area contributed by atoms with Crippen LogP contribution in [0.25, 0.3) is 0 Å². The number of benzene rings is 1. The molecule has 0 N–H and O–H groups in total. The van der Waals surface area contributed by atoms with Crippen LogP contribution < -0.4 is 0 Å². The first kappa shape index (κ1) is 9.93. The lowest BCUT2D eigenvalue weighted by Gasteiger charge is -2.04. The van der Waals surface area contributed by atoms with Crippen molar-refractivity contribution in [3.05, 3.63) is 29.6 Å². The molecule has 0 heterocycles. The van der Waals surface area contributed by atoms with Gasteiger partial charge < -0.3 is 0 Å². The second-order valence-electron chi connectivity index (χ2n) is 3.39. The minimum absolute atomic E-state index is 0.0445. The summed E-state index contributed by atoms with van der Waals surface area (Å²) in [4.78, 5) is 0.0445. The quantitative estimate of drug-likeness (QED) is 0.738. The van der Waals surface area contributed by atoms with Crippen molar-refractivity contribution >= 4 is 19.7 Å². The lowest BCUT2D eigenvalue weighted by Crippen LogP contribution is -1.97. The predicted molar refractivity (Wildman–Crippen MR) is 51.4 cm³/mol. The smallest absolute Gasteiger partial charge is 0.207 e. The molecule has 1 aromatic rings. The van der Waals surface area contributed by atoms with Crippen LogP contribution >= 0.6 is 10.7 Å². The highest BCUT2D eigenvalue weighted by Gasteiger charge is 2.29. The molecule has 0 atom stereocenters. The second kappa shape index (κ2) is 3.21. The van der Waals surface area contributed by atoms with E-state index >= 15 is 0 Å². The van der Waals surface area contributed by atoms with Crippen LogP contribution in [0.5, 0.6) is 0 Å². The number of halogens is 2. The van der Waals surface area contributed by atoms with E-state index in [0.717, 1.165) is 18.9 Å². The molecule has 0 saturated heterocycles. The first-order valence-electron chi connectivity index (χ1n) is 4.22. The van der Waals surface area contributed by atoms with Crippen LogP contribution in [0.3, 0.4) is 0 Å². The SMILES string of the molecule is O=S(=O)(Cl)c1ccc(F)cc1C1CC1. The van der Waals surface area contributed by atoms with Crippen molar-refractivity contribution in [3.8, 4) is 0 Å². The van der Waals surface area contributed by atoms with Crippen LogP contribution in [0.2, 0.25) is 0 Å². The Morgan fingerprint density at radius 3 is 2.50 bits per heavy atom. The highest BCUT2D eigenvalue weighted by atomic mass is 35.7. The number of hydrogen-bond donors (Lipinski definition) is 0. The van der Waals surface area contributed by atoms with E-state index in [1.807, 2.05) is 0 Å². The van der Waals surface area contributed by atoms with Gasteiger partial charge in [-0.3, -0.25) is 0 Å². The second-order valence-corrected chi connectivity index (χ2v) is 5.93. The molecule has 1 aromatic carbocycles. The molecular formula is C9H8ClFO2S. The molecule has 1 aliphatic carbocycles. The summed E-state index contributed by atoms with van der Waals surface area (Å²) in [6, 6.07) is 3.60. The topological polar surface area (TPSA) is 34.1 Å². The van der Waals surface area contributed by atoms with Gasteiger partial charge in [-0.1, -0.05) is 0 Å². The maximum absolute atomic E-state index is 12.9. The summed E-state index contributed by atoms with van der Waals surface area (Å²) in [7, 11) is 1.49. The van der Waals surface area contributed by atoms with Crippen LogP contribution in [-0.4, -0.2) is 8.42 Å². The Balaban J connectivity index is 2.59. The summed E-state index contributed by atoms with van der Waals surface area (Å²) in [5.74, 6) is -0.259. The van der Waals surface area contributed by atoms with Gasteiger partial charge in [-0.15, -0.1) is 0 Å². The maximum atomic E-state index is 12.9. The molecule has 0 bridgehead atoms. The van der Waals surface area contributed by atoms with Crippen LogP contribution in [0.4, 0.5) is 4.39 Å². The Bertz CT molecular complexity index is 466. The van der Waals surface area contributed by atoms with Crippen LogP contribution in [0.1, 0.15) is 24.3 Å². The lowest BCUT2D eigenvalue weighted by atomic mass is 10.1. The molecule has 0 amide bonds. The van der Waals surface area contributed by atoms with Crippen LogP contribution in [0.15, 0.2) is 23.1 Å². The lowest BCUT2D eigenvalue weighted by molar-refractivity contribution is 0.605. The van der Waals surface area contributed by atoms with Crippen molar-refractivity contribution in [2.24, 2.45) is 0 Å². The molecule has 0 spiro atoms. The summed E-state index contributed by atoms with van der Waals surface area (Å²) < 4.78 is 35.2. The summed E-state index contributed by atoms with van der Waals surface area (Å²) in [6.07, 6.45) is 1.81. The Morgan fingerprint density at radius 1 is 1.36 bits per heavy atom. The first-order valence-corrected chi connectivity index (χ1v) is 6.53. The average molecular weight is 235 g/mol. The first-order chi connectivity index (χ1) is 6.48.